The highest BCUT2D eigenvalue weighted by Gasteiger charge is 2.17. The number of carbonyl (C=O) groups excluding carboxylic acids is 1. The Morgan fingerprint density at radius 3 is 2.12 bits per heavy atom. The molecule has 122 valence electrons. The standard InChI is InChI=1S/C22H17NO2/c1-15(24)23-18-12-13-20-19(14-18)21(16-8-4-2-5-9-16)22(25-20)17-10-6-3-7-11-17/h2-14H,1H3,(H,23,24). The Kier molecular flexibility index (Phi) is 3.82. The number of amides is 1. The maximum absolute atomic E-state index is 11.4. The van der Waals surface area contributed by atoms with Crippen molar-refractivity contribution in [2.75, 3.05) is 5.32 Å². The molecular formula is C22H17NO2. The van der Waals surface area contributed by atoms with E-state index in [1.807, 2.05) is 66.7 Å². The molecule has 0 saturated carbocycles. The number of nitrogens with one attached hydrogen (secondary N) is 1. The topological polar surface area (TPSA) is 42.2 Å². The second-order valence-electron chi connectivity index (χ2n) is 5.93. The second kappa shape index (κ2) is 6.29. The Hall–Kier alpha value is -3.33. The van der Waals surface area contributed by atoms with Crippen molar-refractivity contribution < 1.29 is 9.21 Å². The van der Waals surface area contributed by atoms with Crippen LogP contribution in [-0.2, 0) is 4.79 Å². The molecule has 4 aromatic rings. The lowest BCUT2D eigenvalue weighted by Gasteiger charge is -2.05. The van der Waals surface area contributed by atoms with Gasteiger partial charge in [0.15, 0.2) is 0 Å². The Labute approximate surface area is 145 Å². The van der Waals surface area contributed by atoms with Crippen LogP contribution in [0.15, 0.2) is 83.3 Å². The molecule has 1 heterocycles. The third kappa shape index (κ3) is 2.92. The molecule has 0 atom stereocenters. The first-order chi connectivity index (χ1) is 12.2. The predicted molar refractivity (Wildman–Crippen MR) is 101 cm³/mol. The summed E-state index contributed by atoms with van der Waals surface area (Å²) in [6, 6.07) is 26.0. The fraction of sp³-hybridized carbons (Fsp3) is 0.0455. The van der Waals surface area contributed by atoms with Crippen LogP contribution >= 0.6 is 0 Å². The number of carbonyl (C=O) groups is 1. The fourth-order valence-electron chi connectivity index (χ4n) is 3.06. The molecule has 3 aromatic carbocycles. The van der Waals surface area contributed by atoms with E-state index in [0.29, 0.717) is 0 Å². The van der Waals surface area contributed by atoms with Gasteiger partial charge in [0.25, 0.3) is 0 Å². The lowest BCUT2D eigenvalue weighted by atomic mass is 9.98. The maximum Gasteiger partial charge on any atom is 0.221 e. The molecule has 0 saturated heterocycles. The summed E-state index contributed by atoms with van der Waals surface area (Å²) < 4.78 is 6.19. The molecule has 0 bridgehead atoms. The van der Waals surface area contributed by atoms with Gasteiger partial charge in [0.1, 0.15) is 11.3 Å². The summed E-state index contributed by atoms with van der Waals surface area (Å²) in [6.45, 7) is 1.51. The Balaban J connectivity index is 2.00. The van der Waals surface area contributed by atoms with Gasteiger partial charge in [0.2, 0.25) is 5.91 Å². The van der Waals surface area contributed by atoms with E-state index in [2.05, 4.69) is 17.4 Å². The molecule has 0 radical (unpaired) electrons. The Bertz CT molecular complexity index is 1030. The molecule has 0 unspecified atom stereocenters. The Morgan fingerprint density at radius 1 is 0.840 bits per heavy atom. The van der Waals surface area contributed by atoms with Crippen LogP contribution in [0.3, 0.4) is 0 Å². The molecule has 25 heavy (non-hydrogen) atoms. The SMILES string of the molecule is CC(=O)Nc1ccc2oc(-c3ccccc3)c(-c3ccccc3)c2c1. The van der Waals surface area contributed by atoms with Crippen molar-refractivity contribution >= 4 is 22.6 Å². The second-order valence-corrected chi connectivity index (χ2v) is 5.93. The normalized spacial score (nSPS) is 10.8. The van der Waals surface area contributed by atoms with Crippen molar-refractivity contribution in [2.24, 2.45) is 0 Å². The van der Waals surface area contributed by atoms with Gasteiger partial charge in [-0.05, 0) is 23.8 Å². The fourth-order valence-corrected chi connectivity index (χ4v) is 3.06. The van der Waals surface area contributed by atoms with Crippen LogP contribution in [-0.4, -0.2) is 5.91 Å². The van der Waals surface area contributed by atoms with Crippen molar-refractivity contribution in [2.45, 2.75) is 6.92 Å². The van der Waals surface area contributed by atoms with Crippen LogP contribution in [0.4, 0.5) is 5.69 Å². The van der Waals surface area contributed by atoms with Gasteiger partial charge in [0.05, 0.1) is 0 Å². The molecule has 0 spiro atoms. The van der Waals surface area contributed by atoms with E-state index in [-0.39, 0.29) is 5.91 Å². The summed E-state index contributed by atoms with van der Waals surface area (Å²) in [7, 11) is 0. The predicted octanol–water partition coefficient (Wildman–Crippen LogP) is 5.73. The van der Waals surface area contributed by atoms with Crippen molar-refractivity contribution in [1.29, 1.82) is 0 Å². The van der Waals surface area contributed by atoms with Gasteiger partial charge >= 0.3 is 0 Å². The van der Waals surface area contributed by atoms with Crippen LogP contribution in [0.5, 0.6) is 0 Å². The van der Waals surface area contributed by atoms with Gasteiger partial charge in [-0.3, -0.25) is 4.79 Å². The summed E-state index contributed by atoms with van der Waals surface area (Å²) in [5.41, 5.74) is 4.71. The molecule has 1 aromatic heterocycles. The molecule has 0 aliphatic carbocycles. The number of hydrogen-bond acceptors (Lipinski definition) is 2. The van der Waals surface area contributed by atoms with Gasteiger partial charge in [-0.25, -0.2) is 0 Å². The first kappa shape index (κ1) is 15.2. The summed E-state index contributed by atoms with van der Waals surface area (Å²) in [5.74, 6) is 0.745. The van der Waals surface area contributed by atoms with Crippen LogP contribution in [0.1, 0.15) is 6.92 Å². The highest BCUT2D eigenvalue weighted by Crippen LogP contribution is 2.41. The van der Waals surface area contributed by atoms with Crippen molar-refractivity contribution in [3.05, 3.63) is 78.9 Å². The number of furan rings is 1. The zero-order valence-electron chi connectivity index (χ0n) is 13.8. The van der Waals surface area contributed by atoms with Gasteiger partial charge in [-0.2, -0.15) is 0 Å². The van der Waals surface area contributed by atoms with E-state index in [1.165, 1.54) is 6.92 Å². The minimum absolute atomic E-state index is 0.0904. The molecule has 0 aliphatic heterocycles. The lowest BCUT2D eigenvalue weighted by Crippen LogP contribution is -2.05. The van der Waals surface area contributed by atoms with Gasteiger partial charge in [0, 0.05) is 29.1 Å². The van der Waals surface area contributed by atoms with Crippen LogP contribution in [0, 0.1) is 0 Å². The summed E-state index contributed by atoms with van der Waals surface area (Å²) in [5, 5.41) is 3.83. The van der Waals surface area contributed by atoms with E-state index < -0.39 is 0 Å². The third-order valence-electron chi connectivity index (χ3n) is 4.11. The van der Waals surface area contributed by atoms with Crippen molar-refractivity contribution in [3.8, 4) is 22.5 Å². The zero-order valence-corrected chi connectivity index (χ0v) is 13.8. The van der Waals surface area contributed by atoms with E-state index >= 15 is 0 Å². The lowest BCUT2D eigenvalue weighted by molar-refractivity contribution is -0.114. The van der Waals surface area contributed by atoms with E-state index in [0.717, 1.165) is 39.1 Å². The first-order valence-corrected chi connectivity index (χ1v) is 8.17. The van der Waals surface area contributed by atoms with Crippen LogP contribution in [0.2, 0.25) is 0 Å². The summed E-state index contributed by atoms with van der Waals surface area (Å²) in [6.07, 6.45) is 0. The van der Waals surface area contributed by atoms with Crippen LogP contribution < -0.4 is 5.32 Å². The molecule has 1 N–H and O–H groups in total. The number of rotatable bonds is 3. The average Bonchev–Trinajstić information content (AvgIpc) is 3.01. The van der Waals surface area contributed by atoms with E-state index in [9.17, 15) is 4.79 Å². The number of hydrogen-bond donors (Lipinski definition) is 1. The molecule has 0 fully saturated rings. The first-order valence-electron chi connectivity index (χ1n) is 8.17. The monoisotopic (exact) mass is 327 g/mol. The van der Waals surface area contributed by atoms with Gasteiger partial charge in [-0.15, -0.1) is 0 Å². The summed E-state index contributed by atoms with van der Waals surface area (Å²) in [4.78, 5) is 11.4. The van der Waals surface area contributed by atoms with Crippen molar-refractivity contribution in [3.63, 3.8) is 0 Å². The zero-order chi connectivity index (χ0) is 17.2. The molecular weight excluding hydrogens is 310 g/mol. The maximum atomic E-state index is 11.4. The highest BCUT2D eigenvalue weighted by atomic mass is 16.3. The number of benzene rings is 3. The number of anilines is 1. The minimum Gasteiger partial charge on any atom is -0.455 e. The van der Waals surface area contributed by atoms with Gasteiger partial charge in [-0.1, -0.05) is 60.7 Å². The summed E-state index contributed by atoms with van der Waals surface area (Å²) >= 11 is 0. The minimum atomic E-state index is -0.0904. The smallest absolute Gasteiger partial charge is 0.221 e. The largest absolute Gasteiger partial charge is 0.455 e. The molecule has 1 amide bonds. The Morgan fingerprint density at radius 2 is 1.48 bits per heavy atom. The number of fused-ring (bicyclic) bond motifs is 1. The van der Waals surface area contributed by atoms with E-state index in [1.54, 1.807) is 0 Å². The third-order valence-corrected chi connectivity index (χ3v) is 4.11. The van der Waals surface area contributed by atoms with E-state index in [4.69, 9.17) is 4.42 Å². The van der Waals surface area contributed by atoms with Gasteiger partial charge < -0.3 is 9.73 Å². The molecule has 3 heteroatoms. The molecule has 4 rings (SSSR count). The molecule has 0 aliphatic rings. The highest BCUT2D eigenvalue weighted by molar-refractivity contribution is 6.04. The van der Waals surface area contributed by atoms with Crippen LogP contribution in [0.25, 0.3) is 33.4 Å². The average molecular weight is 327 g/mol. The van der Waals surface area contributed by atoms with Crippen molar-refractivity contribution in [1.82, 2.24) is 0 Å². The molecule has 3 nitrogen and oxygen atoms in total. The quantitative estimate of drug-likeness (QED) is 0.522.